The van der Waals surface area contributed by atoms with Gasteiger partial charge in [-0.2, -0.15) is 0 Å². The summed E-state index contributed by atoms with van der Waals surface area (Å²) >= 11 is 0. The Morgan fingerprint density at radius 3 is 2.23 bits per heavy atom. The van der Waals surface area contributed by atoms with E-state index in [1.807, 2.05) is 0 Å². The first kappa shape index (κ1) is 22.3. The lowest BCUT2D eigenvalue weighted by Crippen LogP contribution is -2.36. The molecule has 0 atom stereocenters. The van der Waals surface area contributed by atoms with Gasteiger partial charge in [0.25, 0.3) is 0 Å². The zero-order chi connectivity index (χ0) is 23.2. The van der Waals surface area contributed by atoms with E-state index in [0.29, 0.717) is 6.07 Å². The summed E-state index contributed by atoms with van der Waals surface area (Å²) in [5.74, 6) is -5.88. The van der Waals surface area contributed by atoms with Crippen molar-refractivity contribution in [3.63, 3.8) is 0 Å². The van der Waals surface area contributed by atoms with Crippen LogP contribution in [0.4, 0.5) is 22.0 Å². The van der Waals surface area contributed by atoms with Gasteiger partial charge in [-0.05, 0) is 24.3 Å². The molecule has 0 amide bonds. The number of hydrogen-bond donors (Lipinski definition) is 2. The molecule has 0 aliphatic carbocycles. The summed E-state index contributed by atoms with van der Waals surface area (Å²) in [7, 11) is 10.1. The van der Waals surface area contributed by atoms with Gasteiger partial charge in [-0.3, -0.25) is 0 Å². The highest BCUT2D eigenvalue weighted by Crippen LogP contribution is 2.48. The Hall–Kier alpha value is -3.35. The lowest BCUT2D eigenvalue weighted by atomic mass is 9.76. The molecule has 15 heteroatoms. The van der Waals surface area contributed by atoms with Gasteiger partial charge in [-0.1, -0.05) is 0 Å². The van der Waals surface area contributed by atoms with E-state index in [2.05, 4.69) is 14.2 Å². The molecule has 2 aromatic carbocycles. The summed E-state index contributed by atoms with van der Waals surface area (Å²) in [4.78, 5) is 11.6. The maximum atomic E-state index is 13.3. The lowest BCUT2D eigenvalue weighted by Gasteiger charge is -2.24. The molecule has 1 aliphatic rings. The summed E-state index contributed by atoms with van der Waals surface area (Å²) < 4.78 is 86.0. The first-order valence-electron chi connectivity index (χ1n) is 7.86. The van der Waals surface area contributed by atoms with Crippen LogP contribution in [0.25, 0.3) is 0 Å². The second kappa shape index (κ2) is 7.41. The quantitative estimate of drug-likeness (QED) is 0.399. The van der Waals surface area contributed by atoms with Gasteiger partial charge in [0.1, 0.15) is 22.6 Å². The van der Waals surface area contributed by atoms with Crippen LogP contribution in [0.15, 0.2) is 30.3 Å². The number of alkyl halides is 5. The zero-order valence-electron chi connectivity index (χ0n) is 14.8. The van der Waals surface area contributed by atoms with Crippen molar-refractivity contribution in [1.29, 1.82) is 0 Å². The molecule has 0 saturated carbocycles. The normalized spacial score (nSPS) is 14.8. The van der Waals surface area contributed by atoms with Gasteiger partial charge in [0.2, 0.25) is 0 Å². The number of hydrogen-bond acceptors (Lipinski definition) is 7. The summed E-state index contributed by atoms with van der Waals surface area (Å²) in [6.45, 7) is 0. The molecule has 160 valence electrons. The maximum absolute atomic E-state index is 13.3. The van der Waals surface area contributed by atoms with Crippen molar-refractivity contribution in [2.75, 3.05) is 0 Å². The summed E-state index contributed by atoms with van der Waals surface area (Å²) in [5.41, 5.74) is -3.78. The molecule has 1 aliphatic heterocycles. The number of carbonyl (C=O) groups is 1. The minimum Gasteiger partial charge on any atom is -0.478 e. The van der Waals surface area contributed by atoms with Crippen LogP contribution >= 0.6 is 0 Å². The number of aromatic carboxylic acids is 1. The van der Waals surface area contributed by atoms with Crippen molar-refractivity contribution in [2.45, 2.75) is 18.2 Å². The fourth-order valence-corrected chi connectivity index (χ4v) is 2.43. The maximum Gasteiger partial charge on any atom is 0.586 e. The van der Waals surface area contributed by atoms with Gasteiger partial charge in [0.15, 0.2) is 38.7 Å². The third kappa shape index (κ3) is 5.42. The molecule has 8 nitrogen and oxygen atoms in total. The molecular weight excluding hydrogens is 437 g/mol. The monoisotopic (exact) mass is 444 g/mol. The number of benzene rings is 2. The van der Waals surface area contributed by atoms with Crippen LogP contribution in [0.3, 0.4) is 0 Å². The molecule has 0 fully saturated rings. The Kier molecular flexibility index (Phi) is 5.34. The highest BCUT2D eigenvalue weighted by molar-refractivity contribution is 6.37. The number of halogens is 5. The first-order chi connectivity index (χ1) is 14.1. The number of carboxylic acid groups (broad SMARTS) is 1. The average Bonchev–Trinajstić information content (AvgIpc) is 2.87. The molecule has 0 aromatic heterocycles. The summed E-state index contributed by atoms with van der Waals surface area (Å²) in [6, 6.07) is 3.97. The number of fused-ring (bicyclic) bond motifs is 1. The van der Waals surface area contributed by atoms with Gasteiger partial charge in [0.05, 0.1) is 0 Å². The van der Waals surface area contributed by atoms with Crippen molar-refractivity contribution in [2.24, 2.45) is 0 Å². The Morgan fingerprint density at radius 1 is 1.00 bits per heavy atom. The van der Waals surface area contributed by atoms with Crippen molar-refractivity contribution >= 4 is 21.7 Å². The van der Waals surface area contributed by atoms with Crippen LogP contribution < -0.4 is 23.7 Å². The molecule has 2 aromatic rings. The fourth-order valence-electron chi connectivity index (χ4n) is 2.43. The second-order valence-electron chi connectivity index (χ2n) is 5.85. The Labute approximate surface area is 171 Å². The molecule has 31 heavy (non-hydrogen) atoms. The molecular formula is C16H7B2F5O8. The van der Waals surface area contributed by atoms with Gasteiger partial charge >= 0.3 is 18.6 Å². The van der Waals surface area contributed by atoms with Gasteiger partial charge in [0, 0.05) is 6.07 Å². The van der Waals surface area contributed by atoms with E-state index in [1.165, 1.54) is 0 Å². The van der Waals surface area contributed by atoms with Gasteiger partial charge in [-0.25, -0.2) is 4.79 Å². The topological polar surface area (TPSA) is 104 Å². The average molecular weight is 444 g/mol. The van der Waals surface area contributed by atoms with Gasteiger partial charge in [-0.15, -0.1) is 22.0 Å². The summed E-state index contributed by atoms with van der Waals surface area (Å²) in [6.07, 6.45) is -9.22. The number of carboxylic acids is 1. The molecule has 0 spiro atoms. The minimum atomic E-state index is -5.08. The van der Waals surface area contributed by atoms with Crippen LogP contribution in [-0.2, 0) is 0 Å². The third-order valence-electron chi connectivity index (χ3n) is 3.39. The van der Waals surface area contributed by atoms with Crippen LogP contribution in [-0.4, -0.2) is 50.1 Å². The molecule has 0 unspecified atom stereocenters. The van der Waals surface area contributed by atoms with E-state index >= 15 is 0 Å². The summed E-state index contributed by atoms with van der Waals surface area (Å²) in [5, 5.41) is 18.8. The van der Waals surface area contributed by atoms with E-state index < -0.39 is 64.3 Å². The van der Waals surface area contributed by atoms with E-state index in [-0.39, 0.29) is 0 Å². The largest absolute Gasteiger partial charge is 0.586 e. The van der Waals surface area contributed by atoms with Crippen molar-refractivity contribution in [3.8, 4) is 34.5 Å². The van der Waals surface area contributed by atoms with Gasteiger partial charge < -0.3 is 33.9 Å². The van der Waals surface area contributed by atoms with E-state index in [0.717, 1.165) is 24.3 Å². The third-order valence-corrected chi connectivity index (χ3v) is 3.39. The lowest BCUT2D eigenvalue weighted by molar-refractivity contribution is -0.286. The number of aliphatic hydroxyl groups is 1. The molecule has 0 saturated heterocycles. The van der Waals surface area contributed by atoms with Crippen LogP contribution in [0.1, 0.15) is 10.4 Å². The molecule has 1 heterocycles. The van der Waals surface area contributed by atoms with Crippen molar-refractivity contribution in [1.82, 2.24) is 0 Å². The Balaban J connectivity index is 2.03. The molecule has 0 bridgehead atoms. The predicted octanol–water partition coefficient (Wildman–Crippen LogP) is 2.72. The molecule has 4 radical (unpaired) electrons. The van der Waals surface area contributed by atoms with Crippen LogP contribution in [0, 0.1) is 0 Å². The standard InChI is InChI=1S/C16H7B2F5O8/c17-14(18,26)29-10-5-6(28-15(19,20)21)1-2-7(10)27-8-3-4-9-12(11(8)13(24)25)31-16(22,23)30-9/h1-5,26H,(H,24,25). The second-order valence-corrected chi connectivity index (χ2v) is 5.85. The van der Waals surface area contributed by atoms with E-state index in [9.17, 15) is 37.0 Å². The number of rotatable bonds is 6. The SMILES string of the molecule is [B]C([B])(O)Oc1cc(OC(F)(F)F)ccc1Oc1ccc2c(c1C(=O)O)OC(F)(F)O2. The van der Waals surface area contributed by atoms with E-state index in [4.69, 9.17) is 25.2 Å². The van der Waals surface area contributed by atoms with Crippen LogP contribution in [0.5, 0.6) is 34.5 Å². The smallest absolute Gasteiger partial charge is 0.478 e. The van der Waals surface area contributed by atoms with Crippen molar-refractivity contribution in [3.05, 3.63) is 35.9 Å². The zero-order valence-corrected chi connectivity index (χ0v) is 14.8. The molecule has 3 rings (SSSR count). The van der Waals surface area contributed by atoms with Crippen LogP contribution in [0.2, 0.25) is 0 Å². The first-order valence-corrected chi connectivity index (χ1v) is 7.86. The highest BCUT2D eigenvalue weighted by atomic mass is 19.4. The Bertz CT molecular complexity index is 1020. The van der Waals surface area contributed by atoms with Crippen molar-refractivity contribution < 1.29 is 60.6 Å². The fraction of sp³-hybridized carbons (Fsp3) is 0.188. The Morgan fingerprint density at radius 2 is 1.65 bits per heavy atom. The van der Waals surface area contributed by atoms with E-state index in [1.54, 1.807) is 0 Å². The predicted molar refractivity (Wildman–Crippen MR) is 89.9 cm³/mol. The minimum absolute atomic E-state index is 0.517. The highest BCUT2D eigenvalue weighted by Gasteiger charge is 2.46. The molecule has 2 N–H and O–H groups in total. The number of ether oxygens (including phenoxy) is 5.